The molecule has 0 spiro atoms. The van der Waals surface area contributed by atoms with Gasteiger partial charge in [-0.1, -0.05) is 6.07 Å². The van der Waals surface area contributed by atoms with Gasteiger partial charge in [0.15, 0.2) is 16.8 Å². The van der Waals surface area contributed by atoms with Crippen molar-refractivity contribution in [1.29, 1.82) is 0 Å². The number of halogens is 2. The molecule has 1 aromatic heterocycles. The lowest BCUT2D eigenvalue weighted by atomic mass is 10.3. The van der Waals surface area contributed by atoms with Gasteiger partial charge in [-0.05, 0) is 12.1 Å². The summed E-state index contributed by atoms with van der Waals surface area (Å²) in [7, 11) is -4.13. The number of fused-ring (bicyclic) bond motifs is 1. The second-order valence-corrected chi connectivity index (χ2v) is 4.45. The van der Waals surface area contributed by atoms with Crippen LogP contribution in [0.2, 0.25) is 0 Å². The molecule has 2 N–H and O–H groups in total. The molecule has 0 bridgehead atoms. The fourth-order valence-electron chi connectivity index (χ4n) is 1.22. The maximum absolute atomic E-state index is 12.1. The maximum Gasteiger partial charge on any atom is 0.387 e. The van der Waals surface area contributed by atoms with Gasteiger partial charge < -0.3 is 9.15 Å². The van der Waals surface area contributed by atoms with Crippen molar-refractivity contribution in [3.63, 3.8) is 0 Å². The molecule has 0 amide bonds. The molecule has 2 rings (SSSR count). The van der Waals surface area contributed by atoms with Crippen LogP contribution in [0.25, 0.3) is 11.1 Å². The summed E-state index contributed by atoms with van der Waals surface area (Å²) in [6, 6.07) is 3.93. The molecule has 0 saturated heterocycles. The summed E-state index contributed by atoms with van der Waals surface area (Å²) in [5, 5.41) is 4.05. The minimum atomic E-state index is -4.13. The average Bonchev–Trinajstić information content (AvgIpc) is 2.60. The summed E-state index contributed by atoms with van der Waals surface area (Å²) in [4.78, 5) is 3.50. The van der Waals surface area contributed by atoms with Crippen LogP contribution in [0.1, 0.15) is 0 Å². The van der Waals surface area contributed by atoms with Crippen LogP contribution < -0.4 is 9.88 Å². The Hall–Kier alpha value is -1.74. The zero-order valence-electron chi connectivity index (χ0n) is 8.13. The summed E-state index contributed by atoms with van der Waals surface area (Å²) in [5.41, 5.74) is -0.135. The molecule has 17 heavy (non-hydrogen) atoms. The number of oxazole rings is 1. The minimum absolute atomic E-state index is 0.00725. The monoisotopic (exact) mass is 264 g/mol. The number of aromatic nitrogens is 1. The van der Waals surface area contributed by atoms with Crippen LogP contribution in [-0.4, -0.2) is 20.0 Å². The Morgan fingerprint density at radius 1 is 1.41 bits per heavy atom. The van der Waals surface area contributed by atoms with Gasteiger partial charge in [-0.2, -0.15) is 13.8 Å². The normalized spacial score (nSPS) is 12.2. The lowest BCUT2D eigenvalue weighted by molar-refractivity contribution is -0.0489. The van der Waals surface area contributed by atoms with Crippen LogP contribution in [0.5, 0.6) is 5.75 Å². The summed E-state index contributed by atoms with van der Waals surface area (Å²) in [6.07, 6.45) is 0. The van der Waals surface area contributed by atoms with E-state index >= 15 is 0 Å². The molecule has 0 aliphatic carbocycles. The van der Waals surface area contributed by atoms with E-state index in [2.05, 4.69) is 9.72 Å². The van der Waals surface area contributed by atoms with Crippen molar-refractivity contribution >= 4 is 21.1 Å². The first-order valence-electron chi connectivity index (χ1n) is 4.25. The van der Waals surface area contributed by atoms with E-state index in [4.69, 9.17) is 9.56 Å². The third-order valence-electron chi connectivity index (χ3n) is 1.82. The number of rotatable bonds is 3. The molecule has 0 aliphatic rings. The van der Waals surface area contributed by atoms with E-state index in [1.54, 1.807) is 0 Å². The largest absolute Gasteiger partial charge is 0.432 e. The van der Waals surface area contributed by atoms with Gasteiger partial charge in [-0.25, -0.2) is 13.6 Å². The average molecular weight is 264 g/mol. The van der Waals surface area contributed by atoms with Crippen molar-refractivity contribution in [1.82, 2.24) is 4.98 Å². The topological polar surface area (TPSA) is 95.4 Å². The maximum atomic E-state index is 12.1. The quantitative estimate of drug-likeness (QED) is 0.894. The van der Waals surface area contributed by atoms with Gasteiger partial charge in [0.1, 0.15) is 0 Å². The zero-order valence-corrected chi connectivity index (χ0v) is 8.95. The van der Waals surface area contributed by atoms with Gasteiger partial charge in [0.2, 0.25) is 0 Å². The highest BCUT2D eigenvalue weighted by atomic mass is 32.2. The van der Waals surface area contributed by atoms with E-state index in [9.17, 15) is 17.2 Å². The minimum Gasteiger partial charge on any atom is -0.432 e. The van der Waals surface area contributed by atoms with Crippen LogP contribution in [0.4, 0.5) is 8.78 Å². The van der Waals surface area contributed by atoms with Crippen LogP contribution >= 0.6 is 0 Å². The van der Waals surface area contributed by atoms with Crippen LogP contribution in [0.15, 0.2) is 27.8 Å². The predicted molar refractivity (Wildman–Crippen MR) is 52.0 cm³/mol. The van der Waals surface area contributed by atoms with Crippen molar-refractivity contribution in [2.24, 2.45) is 5.14 Å². The van der Waals surface area contributed by atoms with E-state index in [0.29, 0.717) is 0 Å². The molecule has 0 aliphatic heterocycles. The second-order valence-electron chi connectivity index (χ2n) is 3.01. The standard InChI is InChI=1S/C8H6F2N2O4S/c9-7(10)15-4-2-1-3-5-6(4)12-8(16-5)17(11,13)14/h1-3,7H,(H2,11,13,14). The number of alkyl halides is 2. The van der Waals surface area contributed by atoms with E-state index in [-0.39, 0.29) is 16.8 Å². The lowest BCUT2D eigenvalue weighted by Crippen LogP contribution is -2.12. The SMILES string of the molecule is NS(=O)(=O)c1nc2c(OC(F)F)cccc2o1. The number of nitrogens with two attached hydrogens (primary N) is 1. The third-order valence-corrected chi connectivity index (χ3v) is 2.48. The van der Waals surface area contributed by atoms with Crippen molar-refractivity contribution in [2.45, 2.75) is 11.8 Å². The first-order valence-corrected chi connectivity index (χ1v) is 5.80. The third kappa shape index (κ3) is 2.34. The molecule has 2 aromatic rings. The van der Waals surface area contributed by atoms with Crippen molar-refractivity contribution in [3.05, 3.63) is 18.2 Å². The molecule has 9 heteroatoms. The summed E-state index contributed by atoms with van der Waals surface area (Å²) < 4.78 is 55.0. The fourth-order valence-corrected chi connectivity index (χ4v) is 1.64. The van der Waals surface area contributed by atoms with Gasteiger partial charge in [-0.15, -0.1) is 0 Å². The molecule has 1 aromatic carbocycles. The molecule has 0 saturated carbocycles. The van der Waals surface area contributed by atoms with Gasteiger partial charge in [-0.3, -0.25) is 0 Å². The van der Waals surface area contributed by atoms with Crippen molar-refractivity contribution in [2.75, 3.05) is 0 Å². The number of sulfonamides is 1. The van der Waals surface area contributed by atoms with Gasteiger partial charge in [0.25, 0.3) is 10.0 Å². The number of para-hydroxylation sites is 1. The Labute approximate surface area is 94.0 Å². The lowest BCUT2D eigenvalue weighted by Gasteiger charge is -2.02. The van der Waals surface area contributed by atoms with Crippen LogP contribution in [0, 0.1) is 0 Å². The number of primary sulfonamides is 1. The van der Waals surface area contributed by atoms with Crippen molar-refractivity contribution in [3.8, 4) is 5.75 Å². The van der Waals surface area contributed by atoms with E-state index < -0.39 is 21.9 Å². The zero-order chi connectivity index (χ0) is 12.6. The van der Waals surface area contributed by atoms with E-state index in [1.165, 1.54) is 18.2 Å². The summed E-state index contributed by atoms with van der Waals surface area (Å²) >= 11 is 0. The summed E-state index contributed by atoms with van der Waals surface area (Å²) in [5.74, 6) is -0.281. The van der Waals surface area contributed by atoms with Crippen molar-refractivity contribution < 1.29 is 26.4 Å². The molecule has 0 radical (unpaired) electrons. The second kappa shape index (κ2) is 3.93. The number of ether oxygens (including phenoxy) is 1. The molecule has 0 unspecified atom stereocenters. The molecule has 6 nitrogen and oxygen atoms in total. The molecular weight excluding hydrogens is 258 g/mol. The van der Waals surface area contributed by atoms with E-state index in [0.717, 1.165) is 0 Å². The van der Waals surface area contributed by atoms with E-state index in [1.807, 2.05) is 0 Å². The molecular formula is C8H6F2N2O4S. The molecule has 92 valence electrons. The Morgan fingerprint density at radius 3 is 2.71 bits per heavy atom. The first kappa shape index (κ1) is 11.7. The highest BCUT2D eigenvalue weighted by molar-refractivity contribution is 7.88. The Bertz CT molecular complexity index is 653. The van der Waals surface area contributed by atoms with Crippen LogP contribution in [-0.2, 0) is 10.0 Å². The number of nitrogens with zero attached hydrogens (tertiary/aromatic N) is 1. The van der Waals surface area contributed by atoms with Gasteiger partial charge >= 0.3 is 11.8 Å². The van der Waals surface area contributed by atoms with Gasteiger partial charge in [0, 0.05) is 0 Å². The summed E-state index contributed by atoms with van der Waals surface area (Å²) in [6.45, 7) is -3.05. The number of hydrogen-bond donors (Lipinski definition) is 1. The predicted octanol–water partition coefficient (Wildman–Crippen LogP) is 1.08. The Balaban J connectivity index is 2.61. The highest BCUT2D eigenvalue weighted by Crippen LogP contribution is 2.27. The Morgan fingerprint density at radius 2 is 2.12 bits per heavy atom. The van der Waals surface area contributed by atoms with Crippen LogP contribution in [0.3, 0.4) is 0 Å². The smallest absolute Gasteiger partial charge is 0.387 e. The fraction of sp³-hybridized carbons (Fsp3) is 0.125. The first-order chi connectivity index (χ1) is 7.88. The molecule has 0 fully saturated rings. The number of benzene rings is 1. The number of hydrogen-bond acceptors (Lipinski definition) is 5. The molecule has 0 atom stereocenters. The highest BCUT2D eigenvalue weighted by Gasteiger charge is 2.20. The van der Waals surface area contributed by atoms with Gasteiger partial charge in [0.05, 0.1) is 0 Å². The molecule has 1 heterocycles. The Kier molecular flexibility index (Phi) is 2.71.